The molecule has 0 saturated carbocycles. The Labute approximate surface area is 138 Å². The third kappa shape index (κ3) is 3.50. The molecule has 0 bridgehead atoms. The van der Waals surface area contributed by atoms with Gasteiger partial charge in [-0.15, -0.1) is 0 Å². The lowest BCUT2D eigenvalue weighted by molar-refractivity contribution is 0.00578. The standard InChI is InChI=1S/C15H22BClO4S/c1-10-7-11(8-13(17)12(10)9-22(6,18)19)16-20-14(2,3)15(4,5)21-16/h7-8H,9H2,1-6H3. The van der Waals surface area contributed by atoms with E-state index in [1.165, 1.54) is 6.26 Å². The smallest absolute Gasteiger partial charge is 0.399 e. The first-order valence-corrected chi connectivity index (χ1v) is 9.58. The van der Waals surface area contributed by atoms with Crippen LogP contribution >= 0.6 is 11.6 Å². The van der Waals surface area contributed by atoms with Gasteiger partial charge in [0.25, 0.3) is 0 Å². The molecule has 0 aliphatic carbocycles. The molecule has 22 heavy (non-hydrogen) atoms. The van der Waals surface area contributed by atoms with E-state index >= 15 is 0 Å². The van der Waals surface area contributed by atoms with Gasteiger partial charge in [-0.25, -0.2) is 8.42 Å². The van der Waals surface area contributed by atoms with E-state index in [0.29, 0.717) is 10.6 Å². The van der Waals surface area contributed by atoms with Gasteiger partial charge in [-0.2, -0.15) is 0 Å². The zero-order valence-corrected chi connectivity index (χ0v) is 15.4. The molecule has 0 N–H and O–H groups in total. The molecule has 0 atom stereocenters. The molecule has 0 spiro atoms. The van der Waals surface area contributed by atoms with Gasteiger partial charge in [0.05, 0.1) is 17.0 Å². The molecule has 1 aromatic rings. The van der Waals surface area contributed by atoms with E-state index in [2.05, 4.69) is 0 Å². The molecule has 1 saturated heterocycles. The largest absolute Gasteiger partial charge is 0.494 e. The minimum absolute atomic E-state index is 0.0681. The van der Waals surface area contributed by atoms with Crippen molar-refractivity contribution < 1.29 is 17.7 Å². The highest BCUT2D eigenvalue weighted by atomic mass is 35.5. The van der Waals surface area contributed by atoms with Gasteiger partial charge >= 0.3 is 7.12 Å². The van der Waals surface area contributed by atoms with Gasteiger partial charge < -0.3 is 9.31 Å². The van der Waals surface area contributed by atoms with Crippen LogP contribution in [0.15, 0.2) is 12.1 Å². The van der Waals surface area contributed by atoms with E-state index in [4.69, 9.17) is 20.9 Å². The van der Waals surface area contributed by atoms with Crippen LogP contribution in [0.5, 0.6) is 0 Å². The average molecular weight is 345 g/mol. The lowest BCUT2D eigenvalue weighted by Gasteiger charge is -2.32. The fourth-order valence-corrected chi connectivity index (χ4v) is 3.69. The molecule has 0 aromatic heterocycles. The van der Waals surface area contributed by atoms with Crippen molar-refractivity contribution in [2.24, 2.45) is 0 Å². The maximum Gasteiger partial charge on any atom is 0.494 e. The van der Waals surface area contributed by atoms with Crippen molar-refractivity contribution in [1.82, 2.24) is 0 Å². The Morgan fingerprint density at radius 3 is 2.05 bits per heavy atom. The minimum Gasteiger partial charge on any atom is -0.399 e. The Kier molecular flexibility index (Phi) is 4.46. The summed E-state index contributed by atoms with van der Waals surface area (Å²) in [5, 5.41) is 0.426. The van der Waals surface area contributed by atoms with Crippen LogP contribution in [0.4, 0.5) is 0 Å². The number of hydrogen-bond donors (Lipinski definition) is 0. The Hall–Kier alpha value is -0.555. The summed E-state index contributed by atoms with van der Waals surface area (Å²) in [5.41, 5.74) is 1.40. The van der Waals surface area contributed by atoms with Crippen molar-refractivity contribution in [2.75, 3.05) is 6.26 Å². The predicted octanol–water partition coefficient (Wildman–Crippen LogP) is 2.49. The topological polar surface area (TPSA) is 52.6 Å². The SMILES string of the molecule is Cc1cc(B2OC(C)(C)C(C)(C)O2)cc(Cl)c1CS(C)(=O)=O. The maximum absolute atomic E-state index is 11.5. The van der Waals surface area contributed by atoms with Gasteiger partial charge in [0.1, 0.15) is 0 Å². The van der Waals surface area contributed by atoms with Crippen molar-refractivity contribution >= 4 is 34.0 Å². The van der Waals surface area contributed by atoms with Crippen LogP contribution in [0, 0.1) is 6.92 Å². The van der Waals surface area contributed by atoms with Gasteiger partial charge in [0.2, 0.25) is 0 Å². The molecule has 4 nitrogen and oxygen atoms in total. The lowest BCUT2D eigenvalue weighted by Crippen LogP contribution is -2.41. The lowest BCUT2D eigenvalue weighted by atomic mass is 9.78. The third-order valence-electron chi connectivity index (χ3n) is 4.37. The number of sulfone groups is 1. The fraction of sp³-hybridized carbons (Fsp3) is 0.600. The highest BCUT2D eigenvalue weighted by Gasteiger charge is 2.51. The zero-order valence-electron chi connectivity index (χ0n) is 13.9. The normalized spacial score (nSPS) is 20.4. The van der Waals surface area contributed by atoms with E-state index in [-0.39, 0.29) is 5.75 Å². The quantitative estimate of drug-likeness (QED) is 0.791. The van der Waals surface area contributed by atoms with Crippen LogP contribution in [0.2, 0.25) is 5.02 Å². The summed E-state index contributed by atoms with van der Waals surface area (Å²) in [7, 11) is -3.64. The summed E-state index contributed by atoms with van der Waals surface area (Å²) >= 11 is 6.29. The van der Waals surface area contributed by atoms with Crippen LogP contribution in [-0.4, -0.2) is 33.0 Å². The summed E-state index contributed by atoms with van der Waals surface area (Å²) in [6, 6.07) is 3.62. The fourth-order valence-electron chi connectivity index (χ4n) is 2.36. The predicted molar refractivity (Wildman–Crippen MR) is 90.5 cm³/mol. The van der Waals surface area contributed by atoms with Crippen LogP contribution in [0.3, 0.4) is 0 Å². The van der Waals surface area contributed by atoms with Crippen molar-refractivity contribution in [3.63, 3.8) is 0 Å². The van der Waals surface area contributed by atoms with Crippen molar-refractivity contribution in [1.29, 1.82) is 0 Å². The van der Waals surface area contributed by atoms with Gasteiger partial charge in [0, 0.05) is 11.3 Å². The first-order chi connectivity index (χ1) is 9.82. The Morgan fingerprint density at radius 2 is 1.64 bits per heavy atom. The number of benzene rings is 1. The van der Waals surface area contributed by atoms with Gasteiger partial charge in [-0.3, -0.25) is 0 Å². The highest BCUT2D eigenvalue weighted by Crippen LogP contribution is 2.36. The Morgan fingerprint density at radius 1 is 1.14 bits per heavy atom. The van der Waals surface area contributed by atoms with Gasteiger partial charge in [-0.1, -0.05) is 17.7 Å². The van der Waals surface area contributed by atoms with E-state index < -0.39 is 28.2 Å². The van der Waals surface area contributed by atoms with Crippen molar-refractivity contribution in [2.45, 2.75) is 51.6 Å². The Bertz CT molecular complexity index is 658. The van der Waals surface area contributed by atoms with Gasteiger partial charge in [-0.05, 0) is 57.3 Å². The molecule has 0 amide bonds. The molecule has 2 rings (SSSR count). The van der Waals surface area contributed by atoms with Crippen LogP contribution in [0.1, 0.15) is 38.8 Å². The number of aryl methyl sites for hydroxylation is 1. The van der Waals surface area contributed by atoms with Crippen LogP contribution in [0.25, 0.3) is 0 Å². The second-order valence-electron chi connectivity index (χ2n) is 6.96. The molecule has 1 heterocycles. The average Bonchev–Trinajstić information content (AvgIpc) is 2.52. The molecule has 1 aromatic carbocycles. The second-order valence-corrected chi connectivity index (χ2v) is 9.50. The first-order valence-electron chi connectivity index (χ1n) is 7.15. The molecule has 1 aliphatic heterocycles. The number of rotatable bonds is 3. The minimum atomic E-state index is -3.14. The summed E-state index contributed by atoms with van der Waals surface area (Å²) in [6.45, 7) is 9.79. The number of halogens is 1. The monoisotopic (exact) mass is 344 g/mol. The molecule has 122 valence electrons. The maximum atomic E-state index is 11.5. The Balaban J connectivity index is 2.36. The number of hydrogen-bond acceptors (Lipinski definition) is 4. The summed E-state index contributed by atoms with van der Waals surface area (Å²) < 4.78 is 35.0. The molecule has 0 radical (unpaired) electrons. The van der Waals surface area contributed by atoms with Crippen molar-refractivity contribution in [3.8, 4) is 0 Å². The molecular weight excluding hydrogens is 322 g/mol. The molecule has 7 heteroatoms. The molecular formula is C15H22BClO4S. The van der Waals surface area contributed by atoms with Crippen LogP contribution < -0.4 is 5.46 Å². The zero-order chi connectivity index (χ0) is 16.9. The highest BCUT2D eigenvalue weighted by molar-refractivity contribution is 7.89. The summed E-state index contributed by atoms with van der Waals surface area (Å²) in [5.74, 6) is -0.0681. The van der Waals surface area contributed by atoms with E-state index in [0.717, 1.165) is 11.0 Å². The van der Waals surface area contributed by atoms with Crippen LogP contribution in [-0.2, 0) is 24.9 Å². The summed E-state index contributed by atoms with van der Waals surface area (Å²) in [6.07, 6.45) is 1.20. The van der Waals surface area contributed by atoms with Crippen molar-refractivity contribution in [3.05, 3.63) is 28.3 Å². The van der Waals surface area contributed by atoms with E-state index in [1.54, 1.807) is 6.07 Å². The first kappa shape index (κ1) is 17.8. The molecule has 0 unspecified atom stereocenters. The second kappa shape index (κ2) is 5.51. The molecule has 1 aliphatic rings. The third-order valence-corrected chi connectivity index (χ3v) is 5.52. The summed E-state index contributed by atoms with van der Waals surface area (Å²) in [4.78, 5) is 0. The van der Waals surface area contributed by atoms with E-state index in [1.807, 2.05) is 40.7 Å². The molecule has 1 fully saturated rings. The van der Waals surface area contributed by atoms with Gasteiger partial charge in [0.15, 0.2) is 9.84 Å². The van der Waals surface area contributed by atoms with E-state index in [9.17, 15) is 8.42 Å².